The van der Waals surface area contributed by atoms with E-state index < -0.39 is 11.6 Å². The summed E-state index contributed by atoms with van der Waals surface area (Å²) in [6, 6.07) is 7.47. The third-order valence-corrected chi connectivity index (χ3v) is 3.95. The number of rotatable bonds is 3. The molecule has 2 aromatic rings. The van der Waals surface area contributed by atoms with Crippen LogP contribution in [0, 0.1) is 11.6 Å². The Balaban J connectivity index is 2.19. The molecule has 0 heterocycles. The predicted molar refractivity (Wildman–Crippen MR) is 80.5 cm³/mol. The van der Waals surface area contributed by atoms with Gasteiger partial charge in [0.1, 0.15) is 11.6 Å². The van der Waals surface area contributed by atoms with E-state index >= 15 is 0 Å². The van der Waals surface area contributed by atoms with Gasteiger partial charge in [0.2, 0.25) is 0 Å². The van der Waals surface area contributed by atoms with Gasteiger partial charge in [-0.2, -0.15) is 0 Å². The van der Waals surface area contributed by atoms with Gasteiger partial charge in [0.15, 0.2) is 0 Å². The maximum Gasteiger partial charge on any atom is 0.150 e. The van der Waals surface area contributed by atoms with Crippen LogP contribution in [0.15, 0.2) is 39.3 Å². The molecule has 19 heavy (non-hydrogen) atoms. The number of benzene rings is 2. The highest BCUT2D eigenvalue weighted by Crippen LogP contribution is 2.28. The molecule has 0 saturated heterocycles. The molecule has 0 aliphatic rings. The second kappa shape index (κ2) is 6.20. The van der Waals surface area contributed by atoms with Crippen LogP contribution in [-0.4, -0.2) is 0 Å². The first-order chi connectivity index (χ1) is 8.97. The second-order valence-electron chi connectivity index (χ2n) is 3.83. The minimum atomic E-state index is -0.653. The summed E-state index contributed by atoms with van der Waals surface area (Å²) >= 11 is 12.5. The largest absolute Gasteiger partial charge is 0.378 e. The van der Waals surface area contributed by atoms with Gasteiger partial charge in [0.05, 0.1) is 5.69 Å². The van der Waals surface area contributed by atoms with Crippen LogP contribution in [0.1, 0.15) is 5.56 Å². The maximum absolute atomic E-state index is 13.6. The Morgan fingerprint density at radius 3 is 2.47 bits per heavy atom. The Morgan fingerprint density at radius 1 is 1.11 bits per heavy atom. The summed E-state index contributed by atoms with van der Waals surface area (Å²) in [5, 5.41) is 3.47. The zero-order chi connectivity index (χ0) is 14.0. The first-order valence-electron chi connectivity index (χ1n) is 5.29. The summed E-state index contributed by atoms with van der Waals surface area (Å²) in [4.78, 5) is 0. The molecule has 0 aliphatic heterocycles. The number of anilines is 1. The number of hydrogen-bond acceptors (Lipinski definition) is 1. The van der Waals surface area contributed by atoms with Crippen LogP contribution >= 0.6 is 43.5 Å². The molecular weight excluding hydrogens is 403 g/mol. The number of hydrogen-bond donors (Lipinski definition) is 1. The van der Waals surface area contributed by atoms with E-state index in [0.29, 0.717) is 16.0 Å². The first-order valence-corrected chi connectivity index (χ1v) is 7.26. The molecule has 100 valence electrons. The van der Waals surface area contributed by atoms with E-state index in [-0.39, 0.29) is 5.69 Å². The Kier molecular flexibility index (Phi) is 4.81. The zero-order valence-electron chi connectivity index (χ0n) is 9.48. The van der Waals surface area contributed by atoms with Crippen molar-refractivity contribution in [1.29, 1.82) is 0 Å². The maximum atomic E-state index is 13.6. The van der Waals surface area contributed by atoms with Crippen molar-refractivity contribution < 1.29 is 8.78 Å². The number of halogens is 5. The van der Waals surface area contributed by atoms with E-state index in [1.165, 1.54) is 6.07 Å². The van der Waals surface area contributed by atoms with Gasteiger partial charge in [0.25, 0.3) is 0 Å². The molecule has 0 radical (unpaired) electrons. The van der Waals surface area contributed by atoms with Gasteiger partial charge >= 0.3 is 0 Å². The minimum absolute atomic E-state index is 0.209. The van der Waals surface area contributed by atoms with Crippen molar-refractivity contribution in [3.05, 3.63) is 61.5 Å². The summed E-state index contributed by atoms with van der Waals surface area (Å²) in [5.74, 6) is -1.28. The van der Waals surface area contributed by atoms with Crippen LogP contribution in [-0.2, 0) is 6.54 Å². The van der Waals surface area contributed by atoms with Crippen LogP contribution in [0.25, 0.3) is 0 Å². The third-order valence-electron chi connectivity index (χ3n) is 2.48. The van der Waals surface area contributed by atoms with E-state index in [9.17, 15) is 8.78 Å². The molecule has 0 fully saturated rings. The molecule has 0 saturated carbocycles. The molecule has 0 aromatic heterocycles. The van der Waals surface area contributed by atoms with Crippen LogP contribution < -0.4 is 5.32 Å². The fourth-order valence-electron chi connectivity index (χ4n) is 1.56. The molecule has 0 bridgehead atoms. The van der Waals surface area contributed by atoms with Gasteiger partial charge in [-0.3, -0.25) is 0 Å². The van der Waals surface area contributed by atoms with E-state index in [0.717, 1.165) is 16.1 Å². The molecule has 1 N–H and O–H groups in total. The molecule has 0 unspecified atom stereocenters. The summed E-state index contributed by atoms with van der Waals surface area (Å²) < 4.78 is 27.8. The summed E-state index contributed by atoms with van der Waals surface area (Å²) in [6.45, 7) is 0.341. The normalized spacial score (nSPS) is 10.6. The molecule has 2 aromatic carbocycles. The van der Waals surface area contributed by atoms with Crippen LogP contribution in [0.5, 0.6) is 0 Å². The van der Waals surface area contributed by atoms with Crippen molar-refractivity contribution in [3.63, 3.8) is 0 Å². The Hall–Kier alpha value is -0.650. The van der Waals surface area contributed by atoms with Crippen molar-refractivity contribution >= 4 is 49.1 Å². The van der Waals surface area contributed by atoms with Gasteiger partial charge in [-0.05, 0) is 39.7 Å². The summed E-state index contributed by atoms with van der Waals surface area (Å²) in [5.41, 5.74) is 1.03. The van der Waals surface area contributed by atoms with E-state index in [1.54, 1.807) is 6.07 Å². The first kappa shape index (κ1) is 14.8. The SMILES string of the molecule is Fc1cc(F)c(NCc2ccc(Br)cc2Cl)c(Br)c1. The molecule has 0 aliphatic carbocycles. The van der Waals surface area contributed by atoms with E-state index in [1.807, 2.05) is 12.1 Å². The summed E-state index contributed by atoms with van der Waals surface area (Å²) in [7, 11) is 0. The fourth-order valence-corrected chi connectivity index (χ4v) is 2.85. The van der Waals surface area contributed by atoms with Crippen molar-refractivity contribution in [1.82, 2.24) is 0 Å². The minimum Gasteiger partial charge on any atom is -0.378 e. The lowest BCUT2D eigenvalue weighted by Gasteiger charge is -2.11. The van der Waals surface area contributed by atoms with Crippen LogP contribution in [0.3, 0.4) is 0 Å². The molecule has 0 amide bonds. The lowest BCUT2D eigenvalue weighted by molar-refractivity contribution is 0.583. The molecule has 0 atom stereocenters. The van der Waals surface area contributed by atoms with Crippen molar-refractivity contribution in [3.8, 4) is 0 Å². The second-order valence-corrected chi connectivity index (χ2v) is 6.01. The third kappa shape index (κ3) is 3.68. The Morgan fingerprint density at radius 2 is 1.84 bits per heavy atom. The van der Waals surface area contributed by atoms with Crippen LogP contribution in [0.4, 0.5) is 14.5 Å². The molecular formula is C13H8Br2ClF2N. The topological polar surface area (TPSA) is 12.0 Å². The molecule has 6 heteroatoms. The Bertz CT molecular complexity index is 597. The molecule has 0 spiro atoms. The van der Waals surface area contributed by atoms with Gasteiger partial charge in [-0.1, -0.05) is 33.6 Å². The highest BCUT2D eigenvalue weighted by molar-refractivity contribution is 9.10. The zero-order valence-corrected chi connectivity index (χ0v) is 13.4. The average molecular weight is 411 g/mol. The van der Waals surface area contributed by atoms with E-state index in [4.69, 9.17) is 11.6 Å². The standard InChI is InChI=1S/C13H8Br2ClF2N/c14-8-2-1-7(11(16)3-8)6-19-13-10(15)4-9(17)5-12(13)18/h1-5,19H,6H2. The van der Waals surface area contributed by atoms with E-state index in [2.05, 4.69) is 37.2 Å². The average Bonchev–Trinajstić information content (AvgIpc) is 2.30. The lowest BCUT2D eigenvalue weighted by Crippen LogP contribution is -2.03. The number of nitrogens with one attached hydrogen (secondary N) is 1. The van der Waals surface area contributed by atoms with Crippen molar-refractivity contribution in [2.75, 3.05) is 5.32 Å². The highest BCUT2D eigenvalue weighted by atomic mass is 79.9. The van der Waals surface area contributed by atoms with Crippen molar-refractivity contribution in [2.24, 2.45) is 0 Å². The quantitative estimate of drug-likeness (QED) is 0.678. The monoisotopic (exact) mass is 409 g/mol. The molecule has 2 rings (SSSR count). The smallest absolute Gasteiger partial charge is 0.150 e. The van der Waals surface area contributed by atoms with Crippen LogP contribution in [0.2, 0.25) is 5.02 Å². The highest BCUT2D eigenvalue weighted by Gasteiger charge is 2.10. The summed E-state index contributed by atoms with van der Waals surface area (Å²) in [6.07, 6.45) is 0. The van der Waals surface area contributed by atoms with Crippen molar-refractivity contribution in [2.45, 2.75) is 6.54 Å². The fraction of sp³-hybridized carbons (Fsp3) is 0.0769. The van der Waals surface area contributed by atoms with Gasteiger partial charge < -0.3 is 5.32 Å². The Labute approximate surface area is 131 Å². The van der Waals surface area contributed by atoms with Gasteiger partial charge in [-0.25, -0.2) is 8.78 Å². The van der Waals surface area contributed by atoms with Gasteiger partial charge in [0, 0.05) is 26.6 Å². The van der Waals surface area contributed by atoms with Gasteiger partial charge in [-0.15, -0.1) is 0 Å². The molecule has 1 nitrogen and oxygen atoms in total. The lowest BCUT2D eigenvalue weighted by atomic mass is 10.2. The predicted octanol–water partition coefficient (Wildman–Crippen LogP) is 5.76.